The molecule has 0 saturated heterocycles. The molecule has 9 heteroatoms. The van der Waals surface area contributed by atoms with Crippen LogP contribution in [0.3, 0.4) is 0 Å². The van der Waals surface area contributed by atoms with Gasteiger partial charge in [0.15, 0.2) is 0 Å². The predicted octanol–water partition coefficient (Wildman–Crippen LogP) is 5.21. The molecule has 0 bridgehead atoms. The van der Waals surface area contributed by atoms with Crippen LogP contribution in [0.5, 0.6) is 5.75 Å². The van der Waals surface area contributed by atoms with Crippen LogP contribution in [0.1, 0.15) is 23.7 Å². The Kier molecular flexibility index (Phi) is 6.78. The predicted molar refractivity (Wildman–Crippen MR) is 120 cm³/mol. The first kappa shape index (κ1) is 22.2. The molecular weight excluding hydrogens is 445 g/mol. The standard InChI is InChI=1S/C21H19ClNO5PS/c1-13(24)28-18-6-4-3-5-14(18)9-10-23-21(25)20(29(2,26)27)17-12-30-19-8-7-15(22)11-16(17)19/h3-12,20H,1-2H3,(H,23,25)(H,26,27)/b10-9+. The number of para-hydroxylation sites is 1. The molecule has 0 saturated carbocycles. The van der Waals surface area contributed by atoms with E-state index in [1.165, 1.54) is 24.5 Å². The lowest BCUT2D eigenvalue weighted by atomic mass is 10.1. The number of carbonyl (C=O) groups is 2. The quantitative estimate of drug-likeness (QED) is 0.297. The zero-order valence-electron chi connectivity index (χ0n) is 16.2. The van der Waals surface area contributed by atoms with Crippen molar-refractivity contribution in [3.8, 4) is 5.75 Å². The summed E-state index contributed by atoms with van der Waals surface area (Å²) in [5.74, 6) is -0.742. The average molecular weight is 464 g/mol. The molecule has 3 aromatic rings. The minimum Gasteiger partial charge on any atom is -0.426 e. The first-order chi connectivity index (χ1) is 14.2. The van der Waals surface area contributed by atoms with E-state index in [9.17, 15) is 19.0 Å². The van der Waals surface area contributed by atoms with E-state index in [0.29, 0.717) is 27.3 Å². The molecule has 0 radical (unpaired) electrons. The van der Waals surface area contributed by atoms with E-state index in [4.69, 9.17) is 16.3 Å². The molecular formula is C21H19ClNO5PS. The highest BCUT2D eigenvalue weighted by Crippen LogP contribution is 2.54. The zero-order chi connectivity index (χ0) is 21.9. The molecule has 0 aliphatic rings. The van der Waals surface area contributed by atoms with Gasteiger partial charge in [0, 0.05) is 35.1 Å². The maximum atomic E-state index is 12.9. The highest BCUT2D eigenvalue weighted by molar-refractivity contribution is 7.58. The fourth-order valence-corrected chi connectivity index (χ4v) is 5.49. The SMILES string of the molecule is CC(=O)Oc1ccccc1/C=C/NC(=O)C(c1csc2ccc(Cl)cc12)P(C)(=O)O. The number of hydrogen-bond acceptors (Lipinski definition) is 5. The highest BCUT2D eigenvalue weighted by atomic mass is 35.5. The summed E-state index contributed by atoms with van der Waals surface area (Å²) in [5, 5.41) is 5.42. The molecule has 156 valence electrons. The van der Waals surface area contributed by atoms with Gasteiger partial charge in [0.1, 0.15) is 11.4 Å². The number of benzene rings is 2. The molecule has 6 nitrogen and oxygen atoms in total. The number of fused-ring (bicyclic) bond motifs is 1. The van der Waals surface area contributed by atoms with Crippen molar-refractivity contribution in [3.05, 3.63) is 70.2 Å². The molecule has 0 fully saturated rings. The molecule has 2 aromatic carbocycles. The zero-order valence-corrected chi connectivity index (χ0v) is 18.6. The Bertz CT molecular complexity index is 1180. The van der Waals surface area contributed by atoms with Crippen molar-refractivity contribution in [1.29, 1.82) is 0 Å². The van der Waals surface area contributed by atoms with Crippen molar-refractivity contribution in [2.45, 2.75) is 12.6 Å². The third-order valence-corrected chi connectivity index (χ3v) is 6.94. The van der Waals surface area contributed by atoms with Crippen LogP contribution < -0.4 is 10.1 Å². The van der Waals surface area contributed by atoms with Crippen molar-refractivity contribution in [2.75, 3.05) is 6.66 Å². The summed E-state index contributed by atoms with van der Waals surface area (Å²) in [4.78, 5) is 34.4. The molecule has 0 spiro atoms. The van der Waals surface area contributed by atoms with Crippen molar-refractivity contribution in [3.63, 3.8) is 0 Å². The molecule has 1 aromatic heterocycles. The number of hydrogen-bond donors (Lipinski definition) is 2. The van der Waals surface area contributed by atoms with Gasteiger partial charge >= 0.3 is 5.97 Å². The molecule has 2 unspecified atom stereocenters. The van der Waals surface area contributed by atoms with Gasteiger partial charge in [0.05, 0.1) is 0 Å². The van der Waals surface area contributed by atoms with E-state index in [1.54, 1.807) is 47.9 Å². The van der Waals surface area contributed by atoms with Crippen LogP contribution in [0.25, 0.3) is 16.2 Å². The van der Waals surface area contributed by atoms with Crippen molar-refractivity contribution < 1.29 is 23.8 Å². The van der Waals surface area contributed by atoms with Gasteiger partial charge in [-0.2, -0.15) is 0 Å². The minimum absolute atomic E-state index is 0.342. The summed E-state index contributed by atoms with van der Waals surface area (Å²) in [5.41, 5.74) is -0.226. The van der Waals surface area contributed by atoms with Gasteiger partial charge in [-0.05, 0) is 46.7 Å². The summed E-state index contributed by atoms with van der Waals surface area (Å²) in [7, 11) is -3.83. The van der Waals surface area contributed by atoms with Gasteiger partial charge in [-0.25, -0.2) is 0 Å². The van der Waals surface area contributed by atoms with E-state index >= 15 is 0 Å². The molecule has 1 heterocycles. The van der Waals surface area contributed by atoms with Gasteiger partial charge in [0.25, 0.3) is 0 Å². The maximum absolute atomic E-state index is 12.9. The molecule has 30 heavy (non-hydrogen) atoms. The first-order valence-corrected chi connectivity index (χ1v) is 12.3. The van der Waals surface area contributed by atoms with Gasteiger partial charge in [-0.1, -0.05) is 29.8 Å². The molecule has 0 aliphatic carbocycles. The number of halogens is 1. The molecule has 2 atom stereocenters. The second-order valence-corrected chi connectivity index (χ2v) is 10.4. The normalized spacial score (nSPS) is 14.4. The van der Waals surface area contributed by atoms with Crippen LogP contribution in [0.15, 0.2) is 54.0 Å². The number of amides is 1. The summed E-state index contributed by atoms with van der Waals surface area (Å²) in [6, 6.07) is 12.0. The Morgan fingerprint density at radius 3 is 2.70 bits per heavy atom. The Balaban J connectivity index is 1.88. The first-order valence-electron chi connectivity index (χ1n) is 8.88. The lowest BCUT2D eigenvalue weighted by Gasteiger charge is -2.18. The average Bonchev–Trinajstić information content (AvgIpc) is 3.04. The number of rotatable bonds is 6. The fraction of sp³-hybridized carbons (Fsp3) is 0.143. The summed E-state index contributed by atoms with van der Waals surface area (Å²) < 4.78 is 18.6. The number of thiophene rings is 1. The Morgan fingerprint density at radius 2 is 2.00 bits per heavy atom. The van der Waals surface area contributed by atoms with E-state index in [1.807, 2.05) is 6.07 Å². The van der Waals surface area contributed by atoms with Gasteiger partial charge in [-0.3, -0.25) is 14.2 Å². The minimum atomic E-state index is -3.83. The Labute approximate surface area is 182 Å². The molecule has 3 rings (SSSR count). The van der Waals surface area contributed by atoms with Gasteiger partial charge in [-0.15, -0.1) is 11.3 Å². The third-order valence-electron chi connectivity index (χ3n) is 4.25. The van der Waals surface area contributed by atoms with Crippen LogP contribution in [0.4, 0.5) is 0 Å². The molecule has 2 N–H and O–H groups in total. The smallest absolute Gasteiger partial charge is 0.308 e. The fourth-order valence-electron chi connectivity index (χ4n) is 3.01. The Hall–Kier alpha value is -2.44. The number of carbonyl (C=O) groups excluding carboxylic acids is 2. The maximum Gasteiger partial charge on any atom is 0.308 e. The van der Waals surface area contributed by atoms with Crippen LogP contribution in [-0.2, 0) is 14.2 Å². The number of nitrogens with one attached hydrogen (secondary N) is 1. The Morgan fingerprint density at radius 1 is 1.27 bits per heavy atom. The van der Waals surface area contributed by atoms with Crippen LogP contribution in [-0.4, -0.2) is 23.4 Å². The third kappa shape index (κ3) is 5.18. The van der Waals surface area contributed by atoms with E-state index in [-0.39, 0.29) is 0 Å². The molecule has 0 aliphatic heterocycles. The number of esters is 1. The van der Waals surface area contributed by atoms with E-state index in [2.05, 4.69) is 5.32 Å². The molecule has 1 amide bonds. The van der Waals surface area contributed by atoms with Crippen LogP contribution >= 0.6 is 30.3 Å². The van der Waals surface area contributed by atoms with Crippen molar-refractivity contribution >= 4 is 58.3 Å². The van der Waals surface area contributed by atoms with Crippen molar-refractivity contribution in [1.82, 2.24) is 5.32 Å². The van der Waals surface area contributed by atoms with Crippen molar-refractivity contribution in [2.24, 2.45) is 0 Å². The van der Waals surface area contributed by atoms with E-state index in [0.717, 1.165) is 11.4 Å². The monoisotopic (exact) mass is 463 g/mol. The second kappa shape index (κ2) is 9.14. The summed E-state index contributed by atoms with van der Waals surface area (Å²) in [6.45, 7) is 2.45. The number of ether oxygens (including phenoxy) is 1. The van der Waals surface area contributed by atoms with Gasteiger partial charge < -0.3 is 14.9 Å². The van der Waals surface area contributed by atoms with Crippen LogP contribution in [0.2, 0.25) is 5.02 Å². The summed E-state index contributed by atoms with van der Waals surface area (Å²) in [6.07, 6.45) is 2.91. The lowest BCUT2D eigenvalue weighted by molar-refractivity contribution is -0.131. The summed E-state index contributed by atoms with van der Waals surface area (Å²) >= 11 is 7.45. The van der Waals surface area contributed by atoms with Gasteiger partial charge in [0.2, 0.25) is 13.3 Å². The van der Waals surface area contributed by atoms with E-state index < -0.39 is 24.9 Å². The lowest BCUT2D eigenvalue weighted by Crippen LogP contribution is -2.25. The second-order valence-electron chi connectivity index (χ2n) is 6.65. The highest BCUT2D eigenvalue weighted by Gasteiger charge is 2.36. The largest absolute Gasteiger partial charge is 0.426 e. The topological polar surface area (TPSA) is 92.7 Å². The van der Waals surface area contributed by atoms with Crippen LogP contribution in [0, 0.1) is 0 Å².